The monoisotopic (exact) mass is 400 g/mol. The van der Waals surface area contributed by atoms with Gasteiger partial charge in [0.2, 0.25) is 0 Å². The lowest BCUT2D eigenvalue weighted by molar-refractivity contribution is 0.254. The number of nitrogens with one attached hydrogen (secondary N) is 2. The molecule has 27 heavy (non-hydrogen) atoms. The van der Waals surface area contributed by atoms with Crippen molar-refractivity contribution < 1.29 is 12.8 Å². The number of hydrogen-bond acceptors (Lipinski definition) is 4. The van der Waals surface area contributed by atoms with Crippen LogP contribution in [0.25, 0.3) is 0 Å². The van der Waals surface area contributed by atoms with Gasteiger partial charge in [0, 0.05) is 32.4 Å². The number of halogens is 1. The summed E-state index contributed by atoms with van der Waals surface area (Å²) in [7, 11) is 2.57. The summed E-state index contributed by atoms with van der Waals surface area (Å²) in [6.07, 6.45) is 2.23. The first-order valence-corrected chi connectivity index (χ1v) is 11.1. The Labute approximate surface area is 163 Å². The Morgan fingerprint density at radius 2 is 1.89 bits per heavy atom. The molecule has 1 aromatic carbocycles. The number of guanidine groups is 1. The van der Waals surface area contributed by atoms with E-state index in [2.05, 4.69) is 48.5 Å². The van der Waals surface area contributed by atoms with Crippen LogP contribution in [0.3, 0.4) is 0 Å². The highest BCUT2D eigenvalue weighted by Crippen LogP contribution is 2.14. The number of sulfone groups is 1. The van der Waals surface area contributed by atoms with Gasteiger partial charge in [0.15, 0.2) is 15.8 Å². The topological polar surface area (TPSA) is 73.8 Å². The molecule has 0 bridgehead atoms. The van der Waals surface area contributed by atoms with E-state index in [1.807, 2.05) is 0 Å². The molecule has 0 aromatic heterocycles. The van der Waals surface area contributed by atoms with Gasteiger partial charge in [-0.1, -0.05) is 19.9 Å². The zero-order chi connectivity index (χ0) is 20.6. The predicted molar refractivity (Wildman–Crippen MR) is 110 cm³/mol. The summed E-state index contributed by atoms with van der Waals surface area (Å²) in [5.74, 6) is 0.671. The third kappa shape index (κ3) is 9.19. The van der Waals surface area contributed by atoms with Gasteiger partial charge in [-0.05, 0) is 49.7 Å². The van der Waals surface area contributed by atoms with Gasteiger partial charge in [0.05, 0.1) is 5.75 Å². The molecule has 0 aliphatic heterocycles. The molecular formula is C19H33FN4O2S. The maximum atomic E-state index is 13.6. The Bertz CT molecular complexity index is 733. The Balaban J connectivity index is 2.76. The van der Waals surface area contributed by atoms with E-state index >= 15 is 0 Å². The zero-order valence-corrected chi connectivity index (χ0v) is 18.0. The van der Waals surface area contributed by atoms with Gasteiger partial charge in [-0.25, -0.2) is 12.8 Å². The van der Waals surface area contributed by atoms with Gasteiger partial charge in [-0.3, -0.25) is 4.99 Å². The fraction of sp³-hybridized carbons (Fsp3) is 0.632. The van der Waals surface area contributed by atoms with Crippen molar-refractivity contribution in [1.29, 1.82) is 0 Å². The molecule has 1 rings (SSSR count). The van der Waals surface area contributed by atoms with Crippen LogP contribution in [-0.4, -0.2) is 59.3 Å². The fourth-order valence-electron chi connectivity index (χ4n) is 2.82. The largest absolute Gasteiger partial charge is 0.355 e. The summed E-state index contributed by atoms with van der Waals surface area (Å²) in [5.41, 5.74) is 1.20. The second-order valence-electron chi connectivity index (χ2n) is 7.54. The van der Waals surface area contributed by atoms with Crippen molar-refractivity contribution in [3.8, 4) is 0 Å². The van der Waals surface area contributed by atoms with Crippen LogP contribution in [0.4, 0.5) is 4.39 Å². The van der Waals surface area contributed by atoms with Crippen LogP contribution >= 0.6 is 0 Å². The van der Waals surface area contributed by atoms with Crippen molar-refractivity contribution in [2.45, 2.75) is 38.6 Å². The molecule has 2 N–H and O–H groups in total. The smallest absolute Gasteiger partial charge is 0.191 e. The molecular weight excluding hydrogens is 367 g/mol. The van der Waals surface area contributed by atoms with Crippen molar-refractivity contribution in [2.24, 2.45) is 10.9 Å². The van der Waals surface area contributed by atoms with Crippen molar-refractivity contribution >= 4 is 15.8 Å². The van der Waals surface area contributed by atoms with Crippen molar-refractivity contribution in [2.75, 3.05) is 33.9 Å². The summed E-state index contributed by atoms with van der Waals surface area (Å²) >= 11 is 0. The lowest BCUT2D eigenvalue weighted by Gasteiger charge is -2.27. The van der Waals surface area contributed by atoms with Crippen LogP contribution in [0, 0.1) is 11.7 Å². The third-order valence-corrected chi connectivity index (χ3v) is 5.07. The normalized spacial score (nSPS) is 13.9. The first-order chi connectivity index (χ1) is 12.5. The first kappa shape index (κ1) is 23.4. The van der Waals surface area contributed by atoms with Gasteiger partial charge in [-0.15, -0.1) is 0 Å². The molecule has 154 valence electrons. The number of hydrogen-bond donors (Lipinski definition) is 2. The van der Waals surface area contributed by atoms with Crippen LogP contribution in [0.5, 0.6) is 0 Å². The van der Waals surface area contributed by atoms with E-state index in [1.165, 1.54) is 24.5 Å². The van der Waals surface area contributed by atoms with E-state index < -0.39 is 15.7 Å². The molecule has 1 atom stereocenters. The first-order valence-electron chi connectivity index (χ1n) is 9.07. The Morgan fingerprint density at radius 1 is 1.22 bits per heavy atom. The predicted octanol–water partition coefficient (Wildman–Crippen LogP) is 2.01. The molecule has 0 spiro atoms. The highest BCUT2D eigenvalue weighted by Gasteiger charge is 2.15. The average molecular weight is 401 g/mol. The van der Waals surface area contributed by atoms with E-state index in [4.69, 9.17) is 0 Å². The minimum atomic E-state index is -3.20. The molecule has 0 amide bonds. The molecule has 6 nitrogen and oxygen atoms in total. The lowest BCUT2D eigenvalue weighted by atomic mass is 10.0. The second kappa shape index (κ2) is 10.6. The summed E-state index contributed by atoms with van der Waals surface area (Å²) < 4.78 is 36.8. The standard InChI is InChI=1S/C19H33FN4O2S/c1-14(2)9-18(24(4)5)12-23-19(21-3)22-11-16-10-17(20)8-7-15(16)13-27(6,25)26/h7-8,10,14,18H,9,11-13H2,1-6H3,(H2,21,22,23). The SMILES string of the molecule is CN=C(NCc1cc(F)ccc1CS(C)(=O)=O)NCC(CC(C)C)N(C)C. The van der Waals surface area contributed by atoms with Crippen LogP contribution in [0.1, 0.15) is 31.4 Å². The highest BCUT2D eigenvalue weighted by atomic mass is 32.2. The van der Waals surface area contributed by atoms with E-state index in [9.17, 15) is 12.8 Å². The molecule has 0 radical (unpaired) electrons. The maximum absolute atomic E-state index is 13.6. The summed E-state index contributed by atoms with van der Waals surface area (Å²) in [6, 6.07) is 4.53. The number of aliphatic imine (C=N–C) groups is 1. The molecule has 0 fully saturated rings. The Morgan fingerprint density at radius 3 is 2.41 bits per heavy atom. The lowest BCUT2D eigenvalue weighted by Crippen LogP contribution is -2.45. The van der Waals surface area contributed by atoms with Gasteiger partial charge >= 0.3 is 0 Å². The highest BCUT2D eigenvalue weighted by molar-refractivity contribution is 7.89. The van der Waals surface area contributed by atoms with E-state index in [1.54, 1.807) is 7.05 Å². The summed E-state index contributed by atoms with van der Waals surface area (Å²) in [5, 5.41) is 6.44. The van der Waals surface area contributed by atoms with Crippen molar-refractivity contribution in [3.63, 3.8) is 0 Å². The number of rotatable bonds is 9. The van der Waals surface area contributed by atoms with E-state index in [0.29, 0.717) is 35.6 Å². The number of likely N-dealkylation sites (N-methyl/N-ethyl adjacent to an activating group) is 1. The van der Waals surface area contributed by atoms with Crippen molar-refractivity contribution in [3.05, 3.63) is 35.1 Å². The quantitative estimate of drug-likeness (QED) is 0.490. The van der Waals surface area contributed by atoms with Gasteiger partial charge < -0.3 is 15.5 Å². The molecule has 1 aromatic rings. The van der Waals surface area contributed by atoms with Gasteiger partial charge in [-0.2, -0.15) is 0 Å². The molecule has 0 heterocycles. The number of nitrogens with zero attached hydrogens (tertiary/aromatic N) is 2. The van der Waals surface area contributed by atoms with Crippen LogP contribution in [-0.2, 0) is 22.1 Å². The Hall–Kier alpha value is -1.67. The van der Waals surface area contributed by atoms with Crippen molar-refractivity contribution in [1.82, 2.24) is 15.5 Å². The van der Waals surface area contributed by atoms with Crippen LogP contribution < -0.4 is 10.6 Å². The fourth-order valence-corrected chi connectivity index (χ4v) is 3.66. The summed E-state index contributed by atoms with van der Waals surface area (Å²) in [6.45, 7) is 5.40. The molecule has 0 saturated carbocycles. The van der Waals surface area contributed by atoms with Gasteiger partial charge in [0.1, 0.15) is 5.82 Å². The molecule has 1 unspecified atom stereocenters. The second-order valence-corrected chi connectivity index (χ2v) is 9.68. The Kier molecular flexibility index (Phi) is 9.18. The average Bonchev–Trinajstić information content (AvgIpc) is 2.54. The number of benzene rings is 1. The van der Waals surface area contributed by atoms with Gasteiger partial charge in [0.25, 0.3) is 0 Å². The third-order valence-electron chi connectivity index (χ3n) is 4.23. The summed E-state index contributed by atoms with van der Waals surface area (Å²) in [4.78, 5) is 6.38. The molecule has 8 heteroatoms. The minimum absolute atomic E-state index is 0.118. The van der Waals surface area contributed by atoms with E-state index in [-0.39, 0.29) is 5.75 Å². The maximum Gasteiger partial charge on any atom is 0.191 e. The van der Waals surface area contributed by atoms with Crippen LogP contribution in [0.15, 0.2) is 23.2 Å². The van der Waals surface area contributed by atoms with Crippen LogP contribution in [0.2, 0.25) is 0 Å². The molecule has 0 aliphatic carbocycles. The zero-order valence-electron chi connectivity index (χ0n) is 17.2. The van der Waals surface area contributed by atoms with E-state index in [0.717, 1.165) is 13.0 Å². The molecule has 0 aliphatic rings. The minimum Gasteiger partial charge on any atom is -0.355 e. The molecule has 0 saturated heterocycles.